The highest BCUT2D eigenvalue weighted by Crippen LogP contribution is 2.45. The first-order chi connectivity index (χ1) is 24.4. The minimum atomic E-state index is -3.38. The molecule has 1 fully saturated rings. The van der Waals surface area contributed by atoms with Crippen molar-refractivity contribution in [2.75, 3.05) is 47.1 Å². The van der Waals surface area contributed by atoms with Gasteiger partial charge in [0.25, 0.3) is 5.56 Å². The van der Waals surface area contributed by atoms with Crippen LogP contribution in [0.25, 0.3) is 0 Å². The summed E-state index contributed by atoms with van der Waals surface area (Å²) in [4.78, 5) is 41.4. The molecule has 2 N–H and O–H groups in total. The number of nitrogens with zero attached hydrogens (tertiary/aromatic N) is 1. The smallest absolute Gasteiger partial charge is 0.330 e. The standard InChI is InChI=1S/C32H35N2O8PS.C6H15N/c1-21-19-34(31(36)33-30(21)35)29-18-27(42-43(4,37)44)28(41-29)20-40-32(22-8-6-5-7-9-22,23-10-14-25(38-2)15-11-23)24-12-16-26(39-3)17-13-24;1-4-7(5-2)6-3/h5-17,19,27-29H,18,20H2,1-4H3,(H,37,44)(H,33,35,36);4-6H2,1-3H3/t27-,28+,29+,43?;/m0./s1. The van der Waals surface area contributed by atoms with Gasteiger partial charge in [0.2, 0.25) is 0 Å². The third-order valence-electron chi connectivity index (χ3n) is 9.10. The fraction of sp³-hybridized carbons (Fsp3) is 0.421. The SMILES string of the molecule is CC[NH+](CC)CC.COc1ccc(C(OC[C@H]2O[C@@H](n3cc(C)c(=O)[nH]c3=O)C[C@@H]2OP(C)([O-])=S)(c2ccccc2)c2ccc(OC)cc2)cc1. The Labute approximate surface area is 305 Å². The zero-order valence-electron chi connectivity index (χ0n) is 30.4. The predicted molar refractivity (Wildman–Crippen MR) is 201 cm³/mol. The summed E-state index contributed by atoms with van der Waals surface area (Å²) >= 11 is 5.13. The van der Waals surface area contributed by atoms with E-state index in [1.54, 1.807) is 26.0 Å². The molecular formula is C38H50N3O8PS. The van der Waals surface area contributed by atoms with Crippen molar-refractivity contribution in [2.45, 2.75) is 58.2 Å². The van der Waals surface area contributed by atoms with Gasteiger partial charge in [-0.25, -0.2) is 4.79 Å². The first-order valence-corrected chi connectivity index (χ1v) is 20.2. The van der Waals surface area contributed by atoms with Crippen LogP contribution in [0.2, 0.25) is 0 Å². The van der Waals surface area contributed by atoms with Crippen LogP contribution in [0.5, 0.6) is 11.5 Å². The second-order valence-electron chi connectivity index (χ2n) is 12.4. The van der Waals surface area contributed by atoms with Gasteiger partial charge in [-0.05, 0) is 81.8 Å². The van der Waals surface area contributed by atoms with E-state index >= 15 is 0 Å². The van der Waals surface area contributed by atoms with Gasteiger partial charge in [0.05, 0.1) is 46.6 Å². The molecule has 0 amide bonds. The van der Waals surface area contributed by atoms with Gasteiger partial charge in [0.1, 0.15) is 29.4 Å². The molecule has 1 saturated heterocycles. The van der Waals surface area contributed by atoms with Crippen molar-refractivity contribution in [3.05, 3.63) is 128 Å². The molecule has 2 heterocycles. The largest absolute Gasteiger partial charge is 0.801 e. The topological polar surface area (TPSA) is 129 Å². The van der Waals surface area contributed by atoms with Crippen molar-refractivity contribution in [1.82, 2.24) is 9.55 Å². The number of aromatic nitrogens is 2. The summed E-state index contributed by atoms with van der Waals surface area (Å²) in [7, 11) is 3.21. The maximum Gasteiger partial charge on any atom is 0.330 e. The summed E-state index contributed by atoms with van der Waals surface area (Å²) in [6.45, 7) is 10.0. The second kappa shape index (κ2) is 18.2. The molecule has 0 bridgehead atoms. The normalized spacial score (nSPS) is 18.5. The third-order valence-corrected chi connectivity index (χ3v) is 10.0. The summed E-state index contributed by atoms with van der Waals surface area (Å²) < 4.78 is 31.3. The van der Waals surface area contributed by atoms with E-state index in [0.717, 1.165) is 16.7 Å². The van der Waals surface area contributed by atoms with Gasteiger partial charge >= 0.3 is 5.69 Å². The van der Waals surface area contributed by atoms with E-state index in [0.29, 0.717) is 17.1 Å². The molecule has 3 aromatic carbocycles. The first kappa shape index (κ1) is 40.2. The van der Waals surface area contributed by atoms with E-state index < -0.39 is 41.8 Å². The molecule has 0 saturated carbocycles. The Kier molecular flexibility index (Phi) is 14.4. The number of aromatic amines is 1. The van der Waals surface area contributed by atoms with Crippen molar-refractivity contribution in [3.63, 3.8) is 0 Å². The van der Waals surface area contributed by atoms with Gasteiger partial charge < -0.3 is 33.3 Å². The van der Waals surface area contributed by atoms with Crippen LogP contribution in [0.3, 0.4) is 0 Å². The number of hydrogen-bond acceptors (Lipinski definition) is 9. The summed E-state index contributed by atoms with van der Waals surface area (Å²) in [5.74, 6) is 1.37. The van der Waals surface area contributed by atoms with Crippen LogP contribution >= 0.6 is 6.49 Å². The molecule has 13 heteroatoms. The molecule has 0 spiro atoms. The van der Waals surface area contributed by atoms with E-state index in [1.165, 1.54) is 37.1 Å². The zero-order chi connectivity index (χ0) is 37.2. The average molecular weight is 740 g/mol. The van der Waals surface area contributed by atoms with E-state index in [1.807, 2.05) is 78.9 Å². The Morgan fingerprint density at radius 1 is 0.902 bits per heavy atom. The molecule has 276 valence electrons. The second-order valence-corrected chi connectivity index (χ2v) is 16.1. The number of H-pyrrole nitrogens is 1. The molecule has 0 aliphatic carbocycles. The van der Waals surface area contributed by atoms with Gasteiger partial charge in [-0.1, -0.05) is 66.4 Å². The fourth-order valence-corrected chi connectivity index (χ4v) is 7.25. The lowest BCUT2D eigenvalue weighted by atomic mass is 9.80. The highest BCUT2D eigenvalue weighted by molar-refractivity contribution is 8.08. The third kappa shape index (κ3) is 10.0. The maximum absolute atomic E-state index is 12.7. The molecule has 1 aromatic heterocycles. The molecule has 1 aliphatic rings. The number of aryl methyl sites for hydroxylation is 1. The summed E-state index contributed by atoms with van der Waals surface area (Å²) in [5.41, 5.74) is 0.584. The molecular weight excluding hydrogens is 689 g/mol. The van der Waals surface area contributed by atoms with E-state index in [2.05, 4.69) is 25.8 Å². The van der Waals surface area contributed by atoms with Gasteiger partial charge in [0, 0.05) is 18.2 Å². The lowest BCUT2D eigenvalue weighted by molar-refractivity contribution is -0.894. The van der Waals surface area contributed by atoms with E-state index in [4.69, 9.17) is 35.3 Å². The van der Waals surface area contributed by atoms with Crippen LogP contribution in [0.4, 0.5) is 0 Å². The fourth-order valence-electron chi connectivity index (χ4n) is 6.21. The molecule has 1 aliphatic heterocycles. The van der Waals surface area contributed by atoms with E-state index in [9.17, 15) is 14.5 Å². The predicted octanol–water partition coefficient (Wildman–Crippen LogP) is 3.77. The highest BCUT2D eigenvalue weighted by Gasteiger charge is 2.43. The zero-order valence-corrected chi connectivity index (χ0v) is 32.1. The highest BCUT2D eigenvalue weighted by atomic mass is 32.5. The van der Waals surface area contributed by atoms with Crippen molar-refractivity contribution in [1.29, 1.82) is 0 Å². The Hall–Kier alpha value is -3.61. The van der Waals surface area contributed by atoms with Gasteiger partial charge in [-0.2, -0.15) is 0 Å². The van der Waals surface area contributed by atoms with Crippen LogP contribution in [0.15, 0.2) is 94.6 Å². The number of methoxy groups -OCH3 is 2. The first-order valence-electron chi connectivity index (χ1n) is 17.1. The minimum Gasteiger partial charge on any atom is -0.801 e. The molecule has 1 unspecified atom stereocenters. The monoisotopic (exact) mass is 739 g/mol. The van der Waals surface area contributed by atoms with Crippen LogP contribution in [-0.4, -0.2) is 68.9 Å². The average Bonchev–Trinajstić information content (AvgIpc) is 3.52. The lowest BCUT2D eigenvalue weighted by Gasteiger charge is -2.38. The van der Waals surface area contributed by atoms with Crippen LogP contribution in [0, 0.1) is 6.92 Å². The van der Waals surface area contributed by atoms with Crippen molar-refractivity contribution in [2.24, 2.45) is 0 Å². The number of benzene rings is 3. The van der Waals surface area contributed by atoms with Gasteiger partial charge in [-0.3, -0.25) is 14.3 Å². The van der Waals surface area contributed by atoms with Crippen molar-refractivity contribution < 1.29 is 33.3 Å². The van der Waals surface area contributed by atoms with Gasteiger partial charge in [0.15, 0.2) is 0 Å². The van der Waals surface area contributed by atoms with E-state index in [-0.39, 0.29) is 13.0 Å². The van der Waals surface area contributed by atoms with Crippen molar-refractivity contribution >= 4 is 18.3 Å². The molecule has 11 nitrogen and oxygen atoms in total. The van der Waals surface area contributed by atoms with Gasteiger partial charge in [-0.15, -0.1) is 0 Å². The Morgan fingerprint density at radius 3 is 1.86 bits per heavy atom. The van der Waals surface area contributed by atoms with Crippen LogP contribution < -0.4 is 30.5 Å². The summed E-state index contributed by atoms with van der Waals surface area (Å²) in [6.07, 6.45) is -0.736. The summed E-state index contributed by atoms with van der Waals surface area (Å²) in [5, 5.41) is 0. The molecule has 51 heavy (non-hydrogen) atoms. The quantitative estimate of drug-likeness (QED) is 0.147. The lowest BCUT2D eigenvalue weighted by Crippen LogP contribution is -3.11. The number of nitrogens with one attached hydrogen (secondary N) is 2. The maximum atomic E-state index is 12.7. The number of rotatable bonds is 14. The van der Waals surface area contributed by atoms with Crippen LogP contribution in [0.1, 0.15) is 55.7 Å². The Morgan fingerprint density at radius 2 is 1.41 bits per heavy atom. The molecule has 4 atom stereocenters. The number of hydrogen-bond donors (Lipinski definition) is 2. The molecule has 5 rings (SSSR count). The molecule has 4 aromatic rings. The Bertz CT molecular complexity index is 1790. The van der Waals surface area contributed by atoms with Crippen LogP contribution in [-0.2, 0) is 31.4 Å². The summed E-state index contributed by atoms with van der Waals surface area (Å²) in [6, 6.07) is 25.0. The molecule has 0 radical (unpaired) electrons. The number of ether oxygens (including phenoxy) is 4. The Balaban J connectivity index is 0.000000755. The number of quaternary nitrogens is 1. The van der Waals surface area contributed by atoms with Crippen molar-refractivity contribution in [3.8, 4) is 11.5 Å². The minimum absolute atomic E-state index is 0.0272.